The zero-order valence-corrected chi connectivity index (χ0v) is 17.3. The molecule has 2 amide bonds. The van der Waals surface area contributed by atoms with Gasteiger partial charge in [0.1, 0.15) is 10.8 Å². The maximum atomic E-state index is 13.2. The number of nitrogens with one attached hydrogen (secondary N) is 2. The summed E-state index contributed by atoms with van der Waals surface area (Å²) >= 11 is 1.27. The highest BCUT2D eigenvalue weighted by Gasteiger charge is 2.30. The van der Waals surface area contributed by atoms with Gasteiger partial charge in [0.2, 0.25) is 11.8 Å². The van der Waals surface area contributed by atoms with E-state index in [1.165, 1.54) is 23.9 Å². The lowest BCUT2D eigenvalue weighted by Crippen LogP contribution is -2.41. The summed E-state index contributed by atoms with van der Waals surface area (Å²) in [5.41, 5.74) is 0.427. The molecule has 9 heteroatoms. The third-order valence-corrected chi connectivity index (χ3v) is 6.12. The molecule has 0 spiro atoms. The van der Waals surface area contributed by atoms with Crippen molar-refractivity contribution in [1.82, 2.24) is 15.5 Å². The Kier molecular flexibility index (Phi) is 6.47. The number of piperidine rings is 1. The Labute approximate surface area is 178 Å². The number of nitrogens with zero attached hydrogens (tertiary/aromatic N) is 3. The van der Waals surface area contributed by atoms with Gasteiger partial charge in [0.05, 0.1) is 5.75 Å². The lowest BCUT2D eigenvalue weighted by molar-refractivity contribution is -0.125. The molecule has 0 atom stereocenters. The van der Waals surface area contributed by atoms with Crippen LogP contribution >= 0.6 is 11.8 Å². The molecule has 1 saturated carbocycles. The first kappa shape index (κ1) is 20.6. The SMILES string of the molecule is O=C(CSc1ccc(N2CCC(C(=O)NC3CC3)CC2)nn1)Nc1cccc(F)c1. The Hall–Kier alpha value is -2.68. The van der Waals surface area contributed by atoms with Crippen LogP contribution in [0.1, 0.15) is 25.7 Å². The van der Waals surface area contributed by atoms with E-state index < -0.39 is 5.82 Å². The van der Waals surface area contributed by atoms with Crippen LogP contribution < -0.4 is 15.5 Å². The number of thioether (sulfide) groups is 1. The van der Waals surface area contributed by atoms with Crippen molar-refractivity contribution >= 4 is 35.1 Å². The lowest BCUT2D eigenvalue weighted by atomic mass is 9.96. The fraction of sp³-hybridized carbons (Fsp3) is 0.429. The predicted octanol–water partition coefficient (Wildman–Crippen LogP) is 2.84. The van der Waals surface area contributed by atoms with Crippen molar-refractivity contribution in [3.63, 3.8) is 0 Å². The Balaban J connectivity index is 1.22. The molecule has 7 nitrogen and oxygen atoms in total. The van der Waals surface area contributed by atoms with Gasteiger partial charge in [-0.2, -0.15) is 0 Å². The second-order valence-electron chi connectivity index (χ2n) is 7.62. The molecule has 2 heterocycles. The third kappa shape index (κ3) is 5.69. The molecule has 158 valence electrons. The topological polar surface area (TPSA) is 87.2 Å². The number of amides is 2. The summed E-state index contributed by atoms with van der Waals surface area (Å²) in [5, 5.41) is 14.9. The maximum absolute atomic E-state index is 13.2. The summed E-state index contributed by atoms with van der Waals surface area (Å²) in [4.78, 5) is 26.3. The number of rotatable bonds is 7. The summed E-state index contributed by atoms with van der Waals surface area (Å²) in [6.45, 7) is 1.56. The van der Waals surface area contributed by atoms with Gasteiger partial charge in [0, 0.05) is 30.7 Å². The minimum absolute atomic E-state index is 0.0845. The van der Waals surface area contributed by atoms with Crippen LogP contribution in [0, 0.1) is 11.7 Å². The van der Waals surface area contributed by atoms with Crippen LogP contribution in [0.2, 0.25) is 0 Å². The van der Waals surface area contributed by atoms with Gasteiger partial charge in [-0.15, -0.1) is 10.2 Å². The van der Waals surface area contributed by atoms with E-state index in [0.717, 1.165) is 44.6 Å². The van der Waals surface area contributed by atoms with Crippen LogP contribution in [-0.2, 0) is 9.59 Å². The van der Waals surface area contributed by atoms with Gasteiger partial charge in [-0.1, -0.05) is 17.8 Å². The van der Waals surface area contributed by atoms with Crippen molar-refractivity contribution in [2.75, 3.05) is 29.1 Å². The highest BCUT2D eigenvalue weighted by atomic mass is 32.2. The molecular formula is C21H24FN5O2S. The van der Waals surface area contributed by atoms with Gasteiger partial charge in [-0.3, -0.25) is 9.59 Å². The molecule has 2 N–H and O–H groups in total. The fourth-order valence-corrected chi connectivity index (χ4v) is 3.99. The summed E-state index contributed by atoms with van der Waals surface area (Å²) < 4.78 is 13.2. The quantitative estimate of drug-likeness (QED) is 0.658. The van der Waals surface area contributed by atoms with Crippen molar-refractivity contribution in [3.05, 3.63) is 42.2 Å². The zero-order chi connectivity index (χ0) is 20.9. The molecule has 0 bridgehead atoms. The Bertz CT molecular complexity index is 899. The average Bonchev–Trinajstić information content (AvgIpc) is 3.57. The van der Waals surface area contributed by atoms with E-state index in [-0.39, 0.29) is 23.5 Å². The van der Waals surface area contributed by atoms with Gasteiger partial charge in [-0.25, -0.2) is 4.39 Å². The van der Waals surface area contributed by atoms with Gasteiger partial charge in [-0.05, 0) is 56.0 Å². The number of halogens is 1. The standard InChI is InChI=1S/C21H24FN5O2S/c22-15-2-1-3-17(12-15)23-19(28)13-30-20-7-6-18(25-26-20)27-10-8-14(9-11-27)21(29)24-16-4-5-16/h1-3,6-7,12,14,16H,4-5,8-11,13H2,(H,23,28)(H,24,29). The normalized spacial score (nSPS) is 16.9. The third-order valence-electron chi connectivity index (χ3n) is 5.20. The van der Waals surface area contributed by atoms with Crippen LogP contribution in [0.25, 0.3) is 0 Å². The average molecular weight is 430 g/mol. The van der Waals surface area contributed by atoms with E-state index in [1.54, 1.807) is 12.1 Å². The molecule has 1 aliphatic carbocycles. The number of aromatic nitrogens is 2. The first-order chi connectivity index (χ1) is 14.6. The summed E-state index contributed by atoms with van der Waals surface area (Å²) in [5.74, 6) is 0.585. The first-order valence-corrected chi connectivity index (χ1v) is 11.1. The van der Waals surface area contributed by atoms with Gasteiger partial charge >= 0.3 is 0 Å². The Morgan fingerprint density at radius 2 is 1.90 bits per heavy atom. The number of hydrogen-bond acceptors (Lipinski definition) is 6. The van der Waals surface area contributed by atoms with Crippen molar-refractivity contribution in [2.45, 2.75) is 36.8 Å². The molecule has 1 aromatic carbocycles. The lowest BCUT2D eigenvalue weighted by Gasteiger charge is -2.31. The van der Waals surface area contributed by atoms with E-state index in [9.17, 15) is 14.0 Å². The van der Waals surface area contributed by atoms with Crippen molar-refractivity contribution in [1.29, 1.82) is 0 Å². The number of hydrogen-bond donors (Lipinski definition) is 2. The number of carbonyl (C=O) groups is 2. The fourth-order valence-electron chi connectivity index (χ4n) is 3.38. The maximum Gasteiger partial charge on any atom is 0.234 e. The molecule has 0 radical (unpaired) electrons. The van der Waals surface area contributed by atoms with Crippen LogP contribution in [0.15, 0.2) is 41.4 Å². The number of carbonyl (C=O) groups excluding carboxylic acids is 2. The molecule has 1 aliphatic heterocycles. The monoisotopic (exact) mass is 429 g/mol. The number of benzene rings is 1. The molecular weight excluding hydrogens is 405 g/mol. The molecule has 2 aliphatic rings. The van der Waals surface area contributed by atoms with Gasteiger partial charge < -0.3 is 15.5 Å². The smallest absolute Gasteiger partial charge is 0.234 e. The predicted molar refractivity (Wildman–Crippen MR) is 114 cm³/mol. The number of anilines is 2. The second kappa shape index (κ2) is 9.42. The Morgan fingerprint density at radius 3 is 2.57 bits per heavy atom. The first-order valence-electron chi connectivity index (χ1n) is 10.1. The highest BCUT2D eigenvalue weighted by Crippen LogP contribution is 2.25. The van der Waals surface area contributed by atoms with E-state index in [1.807, 2.05) is 12.1 Å². The van der Waals surface area contributed by atoms with Crippen molar-refractivity contribution in [2.24, 2.45) is 5.92 Å². The van der Waals surface area contributed by atoms with Gasteiger partial charge in [0.25, 0.3) is 0 Å². The van der Waals surface area contributed by atoms with Crippen molar-refractivity contribution < 1.29 is 14.0 Å². The molecule has 1 aromatic heterocycles. The van der Waals surface area contributed by atoms with Crippen LogP contribution in [0.3, 0.4) is 0 Å². The van der Waals surface area contributed by atoms with E-state index in [2.05, 4.69) is 25.7 Å². The van der Waals surface area contributed by atoms with E-state index >= 15 is 0 Å². The molecule has 2 aromatic rings. The molecule has 2 fully saturated rings. The molecule has 0 unspecified atom stereocenters. The van der Waals surface area contributed by atoms with Crippen LogP contribution in [-0.4, -0.2) is 46.9 Å². The second-order valence-corrected chi connectivity index (χ2v) is 8.62. The van der Waals surface area contributed by atoms with Crippen molar-refractivity contribution in [3.8, 4) is 0 Å². The summed E-state index contributed by atoms with van der Waals surface area (Å²) in [6.07, 6.45) is 3.85. The summed E-state index contributed by atoms with van der Waals surface area (Å²) in [6, 6.07) is 9.92. The Morgan fingerprint density at radius 1 is 1.10 bits per heavy atom. The van der Waals surface area contributed by atoms with E-state index in [4.69, 9.17) is 0 Å². The summed E-state index contributed by atoms with van der Waals surface area (Å²) in [7, 11) is 0. The van der Waals surface area contributed by atoms with E-state index in [0.29, 0.717) is 16.8 Å². The van der Waals surface area contributed by atoms with Crippen LogP contribution in [0.4, 0.5) is 15.9 Å². The minimum Gasteiger partial charge on any atom is -0.355 e. The highest BCUT2D eigenvalue weighted by molar-refractivity contribution is 7.99. The molecule has 30 heavy (non-hydrogen) atoms. The van der Waals surface area contributed by atoms with Gasteiger partial charge in [0.15, 0.2) is 5.82 Å². The minimum atomic E-state index is -0.394. The molecule has 4 rings (SSSR count). The molecule has 1 saturated heterocycles. The van der Waals surface area contributed by atoms with Crippen LogP contribution in [0.5, 0.6) is 0 Å². The largest absolute Gasteiger partial charge is 0.355 e. The zero-order valence-electron chi connectivity index (χ0n) is 16.5.